The summed E-state index contributed by atoms with van der Waals surface area (Å²) in [6.45, 7) is 0.714. The van der Waals surface area contributed by atoms with Gasteiger partial charge in [-0.1, -0.05) is 12.1 Å². The highest BCUT2D eigenvalue weighted by Crippen LogP contribution is 2.24. The Morgan fingerprint density at radius 3 is 3.00 bits per heavy atom. The fourth-order valence-electron chi connectivity index (χ4n) is 2.13. The minimum Gasteiger partial charge on any atom is -0.390 e. The summed E-state index contributed by atoms with van der Waals surface area (Å²) in [5.41, 5.74) is 0.784. The number of ether oxygens (including phenoxy) is 1. The molecule has 2 unspecified atom stereocenters. The van der Waals surface area contributed by atoms with Crippen molar-refractivity contribution in [2.45, 2.75) is 37.9 Å². The first kappa shape index (κ1) is 13.0. The molecule has 1 saturated heterocycles. The van der Waals surface area contributed by atoms with Crippen LogP contribution in [0.4, 0.5) is 4.39 Å². The maximum Gasteiger partial charge on any atom is 0.137 e. The molecule has 0 bridgehead atoms. The molecule has 1 heterocycles. The predicted molar refractivity (Wildman–Crippen MR) is 67.4 cm³/mol. The molecule has 2 nitrogen and oxygen atoms in total. The van der Waals surface area contributed by atoms with Crippen LogP contribution in [0.3, 0.4) is 0 Å². The number of aliphatic hydroxyl groups excluding tert-OH is 1. The van der Waals surface area contributed by atoms with Gasteiger partial charge in [-0.15, -0.1) is 0 Å². The van der Waals surface area contributed by atoms with Gasteiger partial charge >= 0.3 is 0 Å². The van der Waals surface area contributed by atoms with Gasteiger partial charge in [0, 0.05) is 13.0 Å². The zero-order chi connectivity index (χ0) is 12.3. The Morgan fingerprint density at radius 2 is 2.29 bits per heavy atom. The molecule has 94 valence electrons. The second kappa shape index (κ2) is 5.94. The molecule has 0 radical (unpaired) electrons. The van der Waals surface area contributed by atoms with Crippen LogP contribution in [0.15, 0.2) is 22.7 Å². The summed E-state index contributed by atoms with van der Waals surface area (Å²) in [5, 5.41) is 10.1. The Balaban J connectivity index is 2.01. The number of benzene rings is 1. The van der Waals surface area contributed by atoms with Gasteiger partial charge < -0.3 is 9.84 Å². The van der Waals surface area contributed by atoms with E-state index in [0.717, 1.165) is 24.8 Å². The van der Waals surface area contributed by atoms with Crippen molar-refractivity contribution in [2.24, 2.45) is 0 Å². The van der Waals surface area contributed by atoms with Crippen LogP contribution in [0.2, 0.25) is 0 Å². The number of aliphatic hydroxyl groups is 1. The lowest BCUT2D eigenvalue weighted by Gasteiger charge is -2.27. The van der Waals surface area contributed by atoms with Gasteiger partial charge in [-0.2, -0.15) is 0 Å². The third kappa shape index (κ3) is 3.27. The maximum atomic E-state index is 13.3. The van der Waals surface area contributed by atoms with E-state index in [1.54, 1.807) is 6.07 Å². The molecule has 0 aromatic heterocycles. The second-order valence-electron chi connectivity index (χ2n) is 4.39. The lowest BCUT2D eigenvalue weighted by Crippen LogP contribution is -2.33. The molecule has 2 rings (SSSR count). The molecular formula is C13H16BrFO2. The molecular weight excluding hydrogens is 287 g/mol. The Kier molecular flexibility index (Phi) is 4.54. The van der Waals surface area contributed by atoms with Crippen LogP contribution in [0.5, 0.6) is 0 Å². The zero-order valence-electron chi connectivity index (χ0n) is 9.53. The summed E-state index contributed by atoms with van der Waals surface area (Å²) in [7, 11) is 0. The van der Waals surface area contributed by atoms with Crippen LogP contribution in [-0.2, 0) is 11.2 Å². The van der Waals surface area contributed by atoms with Gasteiger partial charge in [0.2, 0.25) is 0 Å². The van der Waals surface area contributed by atoms with Crippen LogP contribution in [0.1, 0.15) is 24.8 Å². The molecule has 0 aliphatic carbocycles. The van der Waals surface area contributed by atoms with Gasteiger partial charge in [0.25, 0.3) is 0 Å². The van der Waals surface area contributed by atoms with E-state index in [4.69, 9.17) is 4.74 Å². The summed E-state index contributed by atoms with van der Waals surface area (Å²) >= 11 is 3.21. The van der Waals surface area contributed by atoms with Crippen LogP contribution in [-0.4, -0.2) is 23.9 Å². The summed E-state index contributed by atoms with van der Waals surface area (Å²) < 4.78 is 19.3. The molecule has 1 aliphatic heterocycles. The van der Waals surface area contributed by atoms with Crippen LogP contribution < -0.4 is 0 Å². The van der Waals surface area contributed by atoms with Gasteiger partial charge in [0.1, 0.15) is 5.82 Å². The summed E-state index contributed by atoms with van der Waals surface area (Å²) in [6.07, 6.45) is 2.78. The smallest absolute Gasteiger partial charge is 0.137 e. The lowest BCUT2D eigenvalue weighted by atomic mass is 9.98. The van der Waals surface area contributed by atoms with Crippen molar-refractivity contribution in [3.63, 3.8) is 0 Å². The monoisotopic (exact) mass is 302 g/mol. The fraction of sp³-hybridized carbons (Fsp3) is 0.538. The number of hydrogen-bond acceptors (Lipinski definition) is 2. The molecule has 2 atom stereocenters. The first-order valence-corrected chi connectivity index (χ1v) is 6.70. The SMILES string of the molecule is OC(Cc1cccc(F)c1Br)C1CCCCO1. The maximum absolute atomic E-state index is 13.3. The van der Waals surface area contributed by atoms with E-state index in [-0.39, 0.29) is 11.9 Å². The number of rotatable bonds is 3. The Morgan fingerprint density at radius 1 is 1.47 bits per heavy atom. The first-order chi connectivity index (χ1) is 8.18. The molecule has 17 heavy (non-hydrogen) atoms. The van der Waals surface area contributed by atoms with Crippen LogP contribution in [0.25, 0.3) is 0 Å². The topological polar surface area (TPSA) is 29.5 Å². The largest absolute Gasteiger partial charge is 0.390 e. The second-order valence-corrected chi connectivity index (χ2v) is 5.18. The van der Waals surface area contributed by atoms with Crippen molar-refractivity contribution in [3.05, 3.63) is 34.1 Å². The molecule has 4 heteroatoms. The molecule has 0 saturated carbocycles. The molecule has 1 aliphatic rings. The third-order valence-electron chi connectivity index (χ3n) is 3.10. The lowest BCUT2D eigenvalue weighted by molar-refractivity contribution is -0.0611. The normalized spacial score (nSPS) is 22.4. The highest BCUT2D eigenvalue weighted by molar-refractivity contribution is 9.10. The number of hydrogen-bond donors (Lipinski definition) is 1. The standard InChI is InChI=1S/C13H16BrFO2/c14-13-9(4-3-5-10(13)15)8-11(16)12-6-1-2-7-17-12/h3-5,11-12,16H,1-2,6-8H2. The van der Waals surface area contributed by atoms with Gasteiger partial charge in [-0.05, 0) is 46.8 Å². The van der Waals surface area contributed by atoms with Gasteiger partial charge in [-0.3, -0.25) is 0 Å². The highest BCUT2D eigenvalue weighted by Gasteiger charge is 2.23. The van der Waals surface area contributed by atoms with Crippen molar-refractivity contribution < 1.29 is 14.2 Å². The molecule has 1 fully saturated rings. The van der Waals surface area contributed by atoms with E-state index in [2.05, 4.69) is 15.9 Å². The fourth-order valence-corrected chi connectivity index (χ4v) is 2.56. The first-order valence-electron chi connectivity index (χ1n) is 5.91. The van der Waals surface area contributed by atoms with Gasteiger partial charge in [-0.25, -0.2) is 4.39 Å². The van der Waals surface area contributed by atoms with Crippen molar-refractivity contribution in [1.29, 1.82) is 0 Å². The minimum atomic E-state index is -0.562. The Bertz CT molecular complexity index is 378. The van der Waals surface area contributed by atoms with Gasteiger partial charge in [0.15, 0.2) is 0 Å². The predicted octanol–water partition coefficient (Wildman–Crippen LogP) is 3.06. The van der Waals surface area contributed by atoms with Crippen molar-refractivity contribution in [2.75, 3.05) is 6.61 Å². The van der Waals surface area contributed by atoms with Crippen molar-refractivity contribution in [3.8, 4) is 0 Å². The van der Waals surface area contributed by atoms with E-state index < -0.39 is 6.10 Å². The molecule has 0 spiro atoms. The average Bonchev–Trinajstić information content (AvgIpc) is 2.36. The quantitative estimate of drug-likeness (QED) is 0.930. The van der Waals surface area contributed by atoms with Crippen molar-refractivity contribution >= 4 is 15.9 Å². The average molecular weight is 303 g/mol. The van der Waals surface area contributed by atoms with Gasteiger partial charge in [0.05, 0.1) is 16.7 Å². The molecule has 1 aromatic rings. The van der Waals surface area contributed by atoms with Crippen LogP contribution >= 0.6 is 15.9 Å². The summed E-state index contributed by atoms with van der Waals surface area (Å²) in [4.78, 5) is 0. The Labute approximate surface area is 109 Å². The summed E-state index contributed by atoms with van der Waals surface area (Å²) in [6, 6.07) is 4.88. The van der Waals surface area contributed by atoms with Crippen LogP contribution in [0, 0.1) is 5.82 Å². The zero-order valence-corrected chi connectivity index (χ0v) is 11.1. The Hall–Kier alpha value is -0.450. The molecule has 1 aromatic carbocycles. The van der Waals surface area contributed by atoms with Crippen molar-refractivity contribution in [1.82, 2.24) is 0 Å². The van der Waals surface area contributed by atoms with E-state index in [1.165, 1.54) is 6.07 Å². The highest BCUT2D eigenvalue weighted by atomic mass is 79.9. The van der Waals surface area contributed by atoms with E-state index >= 15 is 0 Å². The third-order valence-corrected chi connectivity index (χ3v) is 3.99. The number of halogens is 2. The molecule has 1 N–H and O–H groups in total. The summed E-state index contributed by atoms with van der Waals surface area (Å²) in [5.74, 6) is -0.292. The van der Waals surface area contributed by atoms with E-state index in [1.807, 2.05) is 6.07 Å². The molecule has 0 amide bonds. The van der Waals surface area contributed by atoms with E-state index in [9.17, 15) is 9.50 Å². The minimum absolute atomic E-state index is 0.112. The van der Waals surface area contributed by atoms with E-state index in [0.29, 0.717) is 17.5 Å².